The van der Waals surface area contributed by atoms with Crippen LogP contribution in [0, 0.1) is 13.8 Å². The van der Waals surface area contributed by atoms with E-state index < -0.39 is 0 Å². The first-order chi connectivity index (χ1) is 16.1. The number of hydrogen-bond acceptors (Lipinski definition) is 5. The number of ether oxygens (including phenoxy) is 1. The maximum atomic E-state index is 5.92. The molecule has 0 spiro atoms. The van der Waals surface area contributed by atoms with Gasteiger partial charge < -0.3 is 10.1 Å². The molecule has 3 aromatic carbocycles. The van der Waals surface area contributed by atoms with Gasteiger partial charge in [0.1, 0.15) is 11.5 Å². The molecular formula is C28H23N3OS. The number of nitrogens with zero attached hydrogens (tertiary/aromatic N) is 2. The van der Waals surface area contributed by atoms with Gasteiger partial charge in [-0.15, -0.1) is 0 Å². The lowest BCUT2D eigenvalue weighted by Crippen LogP contribution is -1.96. The van der Waals surface area contributed by atoms with Crippen LogP contribution in [0.4, 0.5) is 11.4 Å². The predicted molar refractivity (Wildman–Crippen MR) is 136 cm³/mol. The van der Waals surface area contributed by atoms with Gasteiger partial charge in [0, 0.05) is 27.1 Å². The van der Waals surface area contributed by atoms with Gasteiger partial charge in [-0.3, -0.25) is 0 Å². The zero-order valence-corrected chi connectivity index (χ0v) is 19.3. The Morgan fingerprint density at radius 1 is 0.758 bits per heavy atom. The van der Waals surface area contributed by atoms with Crippen molar-refractivity contribution in [1.82, 2.24) is 9.97 Å². The Kier molecular flexibility index (Phi) is 5.96. The molecule has 2 aromatic heterocycles. The maximum absolute atomic E-state index is 5.92. The molecule has 1 N–H and O–H groups in total. The Morgan fingerprint density at radius 2 is 1.55 bits per heavy atom. The zero-order chi connectivity index (χ0) is 22.6. The third-order valence-electron chi connectivity index (χ3n) is 5.18. The van der Waals surface area contributed by atoms with Crippen LogP contribution in [-0.2, 0) is 0 Å². The van der Waals surface area contributed by atoms with Gasteiger partial charge >= 0.3 is 0 Å². The number of anilines is 2. The number of pyridine rings is 2. The number of nitrogens with one attached hydrogen (secondary N) is 1. The molecule has 4 nitrogen and oxygen atoms in total. The standard InChI is InChI=1S/C28H23N3OS/c1-19-8-15-27(33-23-12-10-22(11-13-23)32-21-6-4-3-5-7-21)26(18-19)31-25-16-17-29-28-24(25)14-9-20(2)30-28/h3-18H,1-2H3,(H,29,30,31). The van der Waals surface area contributed by atoms with E-state index in [2.05, 4.69) is 58.6 Å². The summed E-state index contributed by atoms with van der Waals surface area (Å²) in [7, 11) is 0. The molecule has 0 aliphatic carbocycles. The third kappa shape index (κ3) is 4.99. The van der Waals surface area contributed by atoms with Crippen LogP contribution in [0.1, 0.15) is 11.3 Å². The van der Waals surface area contributed by atoms with Crippen LogP contribution in [0.2, 0.25) is 0 Å². The molecular weight excluding hydrogens is 426 g/mol. The Hall–Kier alpha value is -3.83. The molecule has 0 radical (unpaired) electrons. The van der Waals surface area contributed by atoms with Crippen molar-refractivity contribution in [2.24, 2.45) is 0 Å². The highest BCUT2D eigenvalue weighted by molar-refractivity contribution is 7.99. The monoisotopic (exact) mass is 449 g/mol. The van der Waals surface area contributed by atoms with Gasteiger partial charge in [-0.25, -0.2) is 9.97 Å². The molecule has 0 atom stereocenters. The van der Waals surface area contributed by atoms with E-state index >= 15 is 0 Å². The van der Waals surface area contributed by atoms with Gasteiger partial charge in [0.25, 0.3) is 0 Å². The molecule has 0 bridgehead atoms. The fraction of sp³-hybridized carbons (Fsp3) is 0.0714. The van der Waals surface area contributed by atoms with Gasteiger partial charge in [-0.2, -0.15) is 0 Å². The van der Waals surface area contributed by atoms with Crippen LogP contribution < -0.4 is 10.1 Å². The number of para-hydroxylation sites is 1. The summed E-state index contributed by atoms with van der Waals surface area (Å²) in [6, 6.07) is 30.5. The van der Waals surface area contributed by atoms with Crippen LogP contribution in [-0.4, -0.2) is 9.97 Å². The van der Waals surface area contributed by atoms with E-state index in [9.17, 15) is 0 Å². The molecule has 0 unspecified atom stereocenters. The van der Waals surface area contributed by atoms with Crippen LogP contribution in [0.15, 0.2) is 107 Å². The van der Waals surface area contributed by atoms with E-state index in [1.54, 1.807) is 18.0 Å². The minimum Gasteiger partial charge on any atom is -0.457 e. The van der Waals surface area contributed by atoms with Crippen LogP contribution >= 0.6 is 11.8 Å². The molecule has 162 valence electrons. The molecule has 0 saturated heterocycles. The summed E-state index contributed by atoms with van der Waals surface area (Å²) in [4.78, 5) is 11.3. The van der Waals surface area contributed by atoms with E-state index in [1.165, 1.54) is 5.56 Å². The summed E-state index contributed by atoms with van der Waals surface area (Å²) in [5, 5.41) is 4.62. The first kappa shape index (κ1) is 21.0. The first-order valence-electron chi connectivity index (χ1n) is 10.7. The van der Waals surface area contributed by atoms with Crippen LogP contribution in [0.3, 0.4) is 0 Å². The van der Waals surface area contributed by atoms with Crippen molar-refractivity contribution >= 4 is 34.2 Å². The van der Waals surface area contributed by atoms with E-state index in [-0.39, 0.29) is 0 Å². The van der Waals surface area contributed by atoms with E-state index in [0.717, 1.165) is 49.4 Å². The van der Waals surface area contributed by atoms with Crippen LogP contribution in [0.25, 0.3) is 11.0 Å². The number of hydrogen-bond donors (Lipinski definition) is 1. The lowest BCUT2D eigenvalue weighted by Gasteiger charge is -2.14. The molecule has 0 aliphatic heterocycles. The quantitative estimate of drug-likeness (QED) is 0.285. The maximum Gasteiger partial charge on any atom is 0.161 e. The fourth-order valence-corrected chi connectivity index (χ4v) is 4.42. The molecule has 5 rings (SSSR count). The van der Waals surface area contributed by atoms with Crippen molar-refractivity contribution in [3.05, 3.63) is 108 Å². The van der Waals surface area contributed by atoms with Crippen molar-refractivity contribution in [2.75, 3.05) is 5.32 Å². The molecule has 0 saturated carbocycles. The summed E-state index contributed by atoms with van der Waals surface area (Å²) >= 11 is 1.72. The molecule has 0 fully saturated rings. The normalized spacial score (nSPS) is 10.8. The second-order valence-electron chi connectivity index (χ2n) is 7.80. The number of benzene rings is 3. The van der Waals surface area contributed by atoms with Crippen molar-refractivity contribution in [1.29, 1.82) is 0 Å². The Balaban J connectivity index is 1.39. The highest BCUT2D eigenvalue weighted by Crippen LogP contribution is 2.37. The summed E-state index contributed by atoms with van der Waals surface area (Å²) in [6.45, 7) is 4.08. The molecule has 5 aromatic rings. The molecule has 0 aliphatic rings. The largest absolute Gasteiger partial charge is 0.457 e. The average molecular weight is 450 g/mol. The molecule has 33 heavy (non-hydrogen) atoms. The topological polar surface area (TPSA) is 47.0 Å². The predicted octanol–water partition coefficient (Wildman–Crippen LogP) is 7.93. The summed E-state index contributed by atoms with van der Waals surface area (Å²) in [5.41, 5.74) is 4.94. The number of fused-ring (bicyclic) bond motifs is 1. The Bertz CT molecular complexity index is 1400. The zero-order valence-electron chi connectivity index (χ0n) is 18.4. The lowest BCUT2D eigenvalue weighted by molar-refractivity contribution is 0.482. The highest BCUT2D eigenvalue weighted by atomic mass is 32.2. The smallest absolute Gasteiger partial charge is 0.161 e. The van der Waals surface area contributed by atoms with Crippen LogP contribution in [0.5, 0.6) is 11.5 Å². The van der Waals surface area contributed by atoms with E-state index in [1.807, 2.05) is 61.5 Å². The Labute approximate surface area is 197 Å². The summed E-state index contributed by atoms with van der Waals surface area (Å²) in [5.74, 6) is 1.65. The fourth-order valence-electron chi connectivity index (χ4n) is 3.54. The summed E-state index contributed by atoms with van der Waals surface area (Å²) < 4.78 is 5.92. The number of aromatic nitrogens is 2. The first-order valence-corrected chi connectivity index (χ1v) is 11.6. The third-order valence-corrected chi connectivity index (χ3v) is 6.26. The molecule has 0 amide bonds. The minimum atomic E-state index is 0.746. The van der Waals surface area contributed by atoms with Gasteiger partial charge in [-0.1, -0.05) is 36.0 Å². The lowest BCUT2D eigenvalue weighted by atomic mass is 10.2. The second kappa shape index (κ2) is 9.35. The SMILES string of the molecule is Cc1ccc(Sc2ccc(Oc3ccccc3)cc2)c(Nc2ccnc3nc(C)ccc23)c1. The Morgan fingerprint density at radius 3 is 2.36 bits per heavy atom. The molecule has 5 heteroatoms. The second-order valence-corrected chi connectivity index (χ2v) is 8.91. The van der Waals surface area contributed by atoms with E-state index in [4.69, 9.17) is 4.74 Å². The van der Waals surface area contributed by atoms with Gasteiger partial charge in [-0.05, 0) is 86.1 Å². The highest BCUT2D eigenvalue weighted by Gasteiger charge is 2.09. The number of rotatable bonds is 6. The van der Waals surface area contributed by atoms with Gasteiger partial charge in [0.15, 0.2) is 5.65 Å². The minimum absolute atomic E-state index is 0.746. The van der Waals surface area contributed by atoms with Crippen molar-refractivity contribution in [2.45, 2.75) is 23.6 Å². The molecule has 2 heterocycles. The number of aryl methyl sites for hydroxylation is 2. The summed E-state index contributed by atoms with van der Waals surface area (Å²) in [6.07, 6.45) is 1.80. The van der Waals surface area contributed by atoms with Gasteiger partial charge in [0.2, 0.25) is 0 Å². The van der Waals surface area contributed by atoms with E-state index in [0.29, 0.717) is 0 Å². The average Bonchev–Trinajstić information content (AvgIpc) is 2.83. The van der Waals surface area contributed by atoms with Crippen molar-refractivity contribution in [3.8, 4) is 11.5 Å². The van der Waals surface area contributed by atoms with Crippen molar-refractivity contribution in [3.63, 3.8) is 0 Å². The van der Waals surface area contributed by atoms with Crippen molar-refractivity contribution < 1.29 is 4.74 Å². The van der Waals surface area contributed by atoms with Gasteiger partial charge in [0.05, 0.1) is 11.4 Å².